The first-order valence-electron chi connectivity index (χ1n) is 11.3. The molecule has 192 valence electrons. The second-order valence-electron chi connectivity index (χ2n) is 8.79. The lowest BCUT2D eigenvalue weighted by Gasteiger charge is -2.31. The number of amides is 1. The van der Waals surface area contributed by atoms with Crippen molar-refractivity contribution in [1.29, 1.82) is 0 Å². The predicted molar refractivity (Wildman–Crippen MR) is 124 cm³/mol. The van der Waals surface area contributed by atoms with Gasteiger partial charge in [0.1, 0.15) is 0 Å². The quantitative estimate of drug-likeness (QED) is 0.365. The molecule has 1 fully saturated rings. The van der Waals surface area contributed by atoms with Crippen molar-refractivity contribution < 1.29 is 26.7 Å². The van der Waals surface area contributed by atoms with Crippen molar-refractivity contribution >= 4 is 22.5 Å². The molecular weight excluding hydrogens is 497 g/mol. The zero-order valence-corrected chi connectivity index (χ0v) is 19.2. The van der Waals surface area contributed by atoms with E-state index in [1.165, 1.54) is 0 Å². The Morgan fingerprint density at radius 3 is 2.46 bits per heavy atom. The first-order valence-corrected chi connectivity index (χ1v) is 11.3. The van der Waals surface area contributed by atoms with Gasteiger partial charge < -0.3 is 5.32 Å². The van der Waals surface area contributed by atoms with Crippen LogP contribution < -0.4 is 5.32 Å². The Bertz CT molecular complexity index is 1430. The highest BCUT2D eigenvalue weighted by atomic mass is 19.4. The minimum Gasteiger partial charge on any atom is -0.318 e. The minimum atomic E-state index is -4.69. The molecule has 8 nitrogen and oxygen atoms in total. The van der Waals surface area contributed by atoms with Crippen LogP contribution in [0, 0.1) is 0 Å². The number of nitrogens with zero attached hydrogens (tertiary/aromatic N) is 5. The van der Waals surface area contributed by atoms with Gasteiger partial charge in [0.25, 0.3) is 11.8 Å². The lowest BCUT2D eigenvalue weighted by atomic mass is 10.0. The number of aromatic amines is 1. The molecule has 0 radical (unpaired) electrons. The molecule has 13 heteroatoms. The number of carbonyl (C=O) groups excluding carboxylic acids is 1. The van der Waals surface area contributed by atoms with Gasteiger partial charge in [-0.1, -0.05) is 6.07 Å². The highest BCUT2D eigenvalue weighted by Gasteiger charge is 2.35. The molecular formula is C24H20F5N7O. The number of pyridine rings is 1. The number of anilines is 1. The van der Waals surface area contributed by atoms with Crippen LogP contribution in [-0.2, 0) is 12.7 Å². The maximum atomic E-state index is 13.5. The molecule has 2 N–H and O–H groups in total. The maximum absolute atomic E-state index is 13.5. The van der Waals surface area contributed by atoms with Crippen LogP contribution in [0.5, 0.6) is 0 Å². The number of piperidine rings is 1. The summed E-state index contributed by atoms with van der Waals surface area (Å²) in [4.78, 5) is 25.5. The zero-order chi connectivity index (χ0) is 26.2. The van der Waals surface area contributed by atoms with Crippen LogP contribution in [-0.4, -0.2) is 55.0 Å². The molecule has 0 bridgehead atoms. The van der Waals surface area contributed by atoms with Crippen molar-refractivity contribution in [3.05, 3.63) is 66.1 Å². The summed E-state index contributed by atoms with van der Waals surface area (Å²) in [6.45, 7) is 1.11. The van der Waals surface area contributed by atoms with E-state index in [0.29, 0.717) is 30.5 Å². The van der Waals surface area contributed by atoms with Crippen LogP contribution in [0.2, 0.25) is 0 Å². The third kappa shape index (κ3) is 5.56. The summed E-state index contributed by atoms with van der Waals surface area (Å²) in [5, 5.41) is 9.75. The number of likely N-dealkylation sites (tertiary alicyclic amines) is 1. The van der Waals surface area contributed by atoms with E-state index in [9.17, 15) is 26.7 Å². The van der Waals surface area contributed by atoms with Crippen LogP contribution in [0.1, 0.15) is 34.7 Å². The summed E-state index contributed by atoms with van der Waals surface area (Å²) < 4.78 is 64.9. The second-order valence-corrected chi connectivity index (χ2v) is 8.79. The fourth-order valence-electron chi connectivity index (χ4n) is 4.12. The molecule has 0 aliphatic carbocycles. The van der Waals surface area contributed by atoms with Gasteiger partial charge in [0.15, 0.2) is 5.69 Å². The van der Waals surface area contributed by atoms with Gasteiger partial charge in [-0.3, -0.25) is 19.8 Å². The van der Waals surface area contributed by atoms with Crippen molar-refractivity contribution in [1.82, 2.24) is 30.0 Å². The molecule has 0 unspecified atom stereocenters. The largest absolute Gasteiger partial charge is 0.451 e. The van der Waals surface area contributed by atoms with Crippen molar-refractivity contribution in [3.8, 4) is 11.1 Å². The number of alkyl halides is 5. The normalized spacial score (nSPS) is 16.1. The summed E-state index contributed by atoms with van der Waals surface area (Å²) in [7, 11) is 0. The number of aromatic nitrogens is 5. The molecule has 3 aromatic heterocycles. The molecule has 37 heavy (non-hydrogen) atoms. The molecule has 1 aliphatic rings. The Morgan fingerprint density at radius 2 is 1.76 bits per heavy atom. The van der Waals surface area contributed by atoms with Crippen LogP contribution in [0.25, 0.3) is 22.0 Å². The standard InChI is InChI=1S/C24H20F5N7O/c25-23(26)3-5-36(6-4-23)13-14-7-16(10-30-9-14)15-1-2-19-18(8-15)20(35-34-19)21(37)33-17-11-31-22(32-12-17)24(27,28)29/h1-2,7-12H,3-6,13H2,(H,33,37)(H,34,35). The summed E-state index contributed by atoms with van der Waals surface area (Å²) in [5.74, 6) is -4.57. The van der Waals surface area contributed by atoms with Gasteiger partial charge in [0.2, 0.25) is 5.82 Å². The highest BCUT2D eigenvalue weighted by Crippen LogP contribution is 2.30. The molecule has 1 saturated heterocycles. The van der Waals surface area contributed by atoms with E-state index in [2.05, 4.69) is 30.5 Å². The molecule has 1 aliphatic heterocycles. The number of nitrogens with one attached hydrogen (secondary N) is 2. The highest BCUT2D eigenvalue weighted by molar-refractivity contribution is 6.11. The van der Waals surface area contributed by atoms with E-state index in [-0.39, 0.29) is 24.2 Å². The average molecular weight is 517 g/mol. The van der Waals surface area contributed by atoms with Crippen molar-refractivity contribution in [2.75, 3.05) is 18.4 Å². The number of H-pyrrole nitrogens is 1. The summed E-state index contributed by atoms with van der Waals surface area (Å²) >= 11 is 0. The lowest BCUT2D eigenvalue weighted by Crippen LogP contribution is -2.38. The van der Waals surface area contributed by atoms with Gasteiger partial charge in [0, 0.05) is 55.8 Å². The third-order valence-electron chi connectivity index (χ3n) is 6.06. The number of fused-ring (bicyclic) bond motifs is 1. The van der Waals surface area contributed by atoms with Crippen molar-refractivity contribution in [2.45, 2.75) is 31.5 Å². The number of hydrogen-bond donors (Lipinski definition) is 2. The Labute approximate surface area is 206 Å². The molecule has 0 atom stereocenters. The second kappa shape index (κ2) is 9.47. The molecule has 0 spiro atoms. The van der Waals surface area contributed by atoms with Crippen LogP contribution in [0.4, 0.5) is 27.6 Å². The molecule has 1 aromatic carbocycles. The minimum absolute atomic E-state index is 0.0160. The number of benzene rings is 1. The van der Waals surface area contributed by atoms with E-state index in [1.54, 1.807) is 24.5 Å². The van der Waals surface area contributed by atoms with Crippen LogP contribution in [0.3, 0.4) is 0 Å². The Kier molecular flexibility index (Phi) is 6.31. The van der Waals surface area contributed by atoms with E-state index >= 15 is 0 Å². The molecule has 4 heterocycles. The Balaban J connectivity index is 1.34. The van der Waals surface area contributed by atoms with Gasteiger partial charge in [-0.05, 0) is 29.3 Å². The average Bonchev–Trinajstić information content (AvgIpc) is 3.29. The van der Waals surface area contributed by atoms with Crippen LogP contribution >= 0.6 is 0 Å². The van der Waals surface area contributed by atoms with E-state index in [4.69, 9.17) is 0 Å². The zero-order valence-electron chi connectivity index (χ0n) is 19.2. The summed E-state index contributed by atoms with van der Waals surface area (Å²) in [5.41, 5.74) is 2.99. The topological polar surface area (TPSA) is 99.7 Å². The Morgan fingerprint density at radius 1 is 1.03 bits per heavy atom. The maximum Gasteiger partial charge on any atom is 0.451 e. The van der Waals surface area contributed by atoms with Gasteiger partial charge in [0.05, 0.1) is 23.6 Å². The fraction of sp³-hybridized carbons (Fsp3) is 0.292. The fourth-order valence-corrected chi connectivity index (χ4v) is 4.12. The summed E-state index contributed by atoms with van der Waals surface area (Å²) in [6, 6.07) is 7.24. The number of halogens is 5. The van der Waals surface area contributed by atoms with E-state index < -0.39 is 23.8 Å². The molecule has 5 rings (SSSR count). The van der Waals surface area contributed by atoms with E-state index in [0.717, 1.165) is 29.1 Å². The first-order chi connectivity index (χ1) is 17.6. The van der Waals surface area contributed by atoms with Gasteiger partial charge in [-0.15, -0.1) is 0 Å². The van der Waals surface area contributed by atoms with Gasteiger partial charge >= 0.3 is 6.18 Å². The molecule has 0 saturated carbocycles. The summed E-state index contributed by atoms with van der Waals surface area (Å²) in [6.07, 6.45) is 0.0721. The van der Waals surface area contributed by atoms with E-state index in [1.807, 2.05) is 17.0 Å². The number of hydrogen-bond acceptors (Lipinski definition) is 6. The third-order valence-corrected chi connectivity index (χ3v) is 6.06. The molecule has 4 aromatic rings. The lowest BCUT2D eigenvalue weighted by molar-refractivity contribution is -0.144. The SMILES string of the molecule is O=C(Nc1cnc(C(F)(F)F)nc1)c1n[nH]c2ccc(-c3cncc(CN4CCC(F)(F)CC4)c3)cc12. The smallest absolute Gasteiger partial charge is 0.318 e. The number of carbonyl (C=O) groups is 1. The monoisotopic (exact) mass is 517 g/mol. The van der Waals surface area contributed by atoms with Crippen molar-refractivity contribution in [3.63, 3.8) is 0 Å². The first kappa shape index (κ1) is 24.7. The number of rotatable bonds is 5. The predicted octanol–water partition coefficient (Wildman–Crippen LogP) is 4.92. The van der Waals surface area contributed by atoms with Gasteiger partial charge in [-0.2, -0.15) is 18.3 Å². The van der Waals surface area contributed by atoms with Crippen LogP contribution in [0.15, 0.2) is 49.1 Å². The van der Waals surface area contributed by atoms with Gasteiger partial charge in [-0.25, -0.2) is 18.7 Å². The van der Waals surface area contributed by atoms with Crippen molar-refractivity contribution in [2.24, 2.45) is 0 Å². The Hall–Kier alpha value is -4.00. The molecule has 1 amide bonds.